The van der Waals surface area contributed by atoms with E-state index in [-0.39, 0.29) is 52.5 Å². The molecule has 0 bridgehead atoms. The summed E-state index contributed by atoms with van der Waals surface area (Å²) < 4.78 is 86.8. The lowest BCUT2D eigenvalue weighted by Crippen LogP contribution is -2.47. The van der Waals surface area contributed by atoms with Crippen molar-refractivity contribution in [1.29, 1.82) is 0 Å². The van der Waals surface area contributed by atoms with Gasteiger partial charge in [-0.15, -0.1) is 0 Å². The first-order valence-electron chi connectivity index (χ1n) is 16.3. The van der Waals surface area contributed by atoms with Gasteiger partial charge in [-0.25, -0.2) is 4.79 Å². The predicted molar refractivity (Wildman–Crippen MR) is 187 cm³/mol. The van der Waals surface area contributed by atoms with E-state index in [0.717, 1.165) is 22.3 Å². The van der Waals surface area contributed by atoms with E-state index < -0.39 is 54.2 Å². The second-order valence-corrected chi connectivity index (χ2v) is 13.3. The Labute approximate surface area is 311 Å². The van der Waals surface area contributed by atoms with Crippen molar-refractivity contribution in [1.82, 2.24) is 24.3 Å². The third-order valence-corrected chi connectivity index (χ3v) is 9.51. The number of aromatic nitrogens is 3. The Morgan fingerprint density at radius 2 is 1.70 bits per heavy atom. The van der Waals surface area contributed by atoms with E-state index in [0.29, 0.717) is 11.3 Å². The molecule has 10 nitrogen and oxygen atoms in total. The molecule has 0 spiro atoms. The van der Waals surface area contributed by atoms with Crippen molar-refractivity contribution in [3.8, 4) is 22.7 Å². The molecule has 0 fully saturated rings. The first kappa shape index (κ1) is 38.3. The highest BCUT2D eigenvalue weighted by Gasteiger charge is 2.39. The normalized spacial score (nSPS) is 15.1. The predicted octanol–water partition coefficient (Wildman–Crippen LogP) is 6.76. The average Bonchev–Trinajstić information content (AvgIpc) is 3.42. The van der Waals surface area contributed by atoms with Crippen LogP contribution in [0.1, 0.15) is 44.6 Å². The van der Waals surface area contributed by atoms with Gasteiger partial charge in [0.1, 0.15) is 18.1 Å². The first-order valence-corrected chi connectivity index (χ1v) is 17.1. The number of alkyl halides is 6. The lowest BCUT2D eigenvalue weighted by atomic mass is 10.0. The van der Waals surface area contributed by atoms with Gasteiger partial charge < -0.3 is 20.1 Å². The number of fused-ring (bicyclic) bond motifs is 1. The van der Waals surface area contributed by atoms with Gasteiger partial charge in [-0.2, -0.15) is 26.3 Å². The van der Waals surface area contributed by atoms with E-state index in [1.807, 2.05) is 18.2 Å². The van der Waals surface area contributed by atoms with Crippen LogP contribution in [0.25, 0.3) is 16.9 Å². The van der Waals surface area contributed by atoms with Crippen molar-refractivity contribution in [2.45, 2.75) is 51.1 Å². The van der Waals surface area contributed by atoms with Crippen LogP contribution < -0.4 is 15.7 Å². The number of halogens is 7. The van der Waals surface area contributed by atoms with Crippen molar-refractivity contribution in [3.05, 3.63) is 134 Å². The molecule has 0 radical (unpaired) electrons. The van der Waals surface area contributed by atoms with Crippen LogP contribution in [0.4, 0.5) is 26.3 Å². The second-order valence-electron chi connectivity index (χ2n) is 12.4. The molecule has 2 aromatic heterocycles. The number of nitrogens with zero attached hydrogens (tertiary/aromatic N) is 4. The zero-order valence-electron chi connectivity index (χ0n) is 28.2. The fourth-order valence-corrected chi connectivity index (χ4v) is 6.54. The molecule has 3 aromatic carbocycles. The molecule has 0 aliphatic carbocycles. The summed E-state index contributed by atoms with van der Waals surface area (Å²) in [4.78, 5) is 47.7. The maximum Gasteiger partial charge on any atom is 0.417 e. The third-order valence-electron chi connectivity index (χ3n) is 8.82. The molecule has 0 saturated carbocycles. The number of amides is 2. The van der Waals surface area contributed by atoms with Gasteiger partial charge in [0.05, 0.1) is 29.2 Å². The van der Waals surface area contributed by atoms with E-state index in [4.69, 9.17) is 4.74 Å². The summed E-state index contributed by atoms with van der Waals surface area (Å²) in [6, 6.07) is 20.2. The topological polar surface area (TPSA) is 119 Å². The van der Waals surface area contributed by atoms with Crippen molar-refractivity contribution in [2.75, 3.05) is 6.61 Å². The standard InChI is InChI=1S/C37H30BrF6N5O5/c1-21-18-48-30(19-47(21)34(52)22-9-14-28(38)27(16-22)36(39,40)41)32(33(51)46-17-23-6-2-3-7-26(23)29-8-4-5-15-45-29)49(35(48)53)24-10-12-25(13-11-24)54-20-31(50)37(42,43)44/h2-16,21,31,50H,17-20H2,1H3,(H,46,51)/t21-,31-/m1/s1. The van der Waals surface area contributed by atoms with E-state index >= 15 is 0 Å². The van der Waals surface area contributed by atoms with Crippen LogP contribution in [0.3, 0.4) is 0 Å². The lowest BCUT2D eigenvalue weighted by molar-refractivity contribution is -0.210. The Morgan fingerprint density at radius 3 is 2.37 bits per heavy atom. The smallest absolute Gasteiger partial charge is 0.417 e. The fraction of sp³-hybridized carbons (Fsp3) is 0.243. The molecule has 17 heteroatoms. The summed E-state index contributed by atoms with van der Waals surface area (Å²) in [6.45, 7) is 0.0701. The summed E-state index contributed by atoms with van der Waals surface area (Å²) in [5.74, 6) is -1.55. The highest BCUT2D eigenvalue weighted by atomic mass is 79.9. The van der Waals surface area contributed by atoms with Gasteiger partial charge in [-0.05, 0) is 67.1 Å². The van der Waals surface area contributed by atoms with Gasteiger partial charge in [0.25, 0.3) is 11.8 Å². The Balaban J connectivity index is 1.37. The summed E-state index contributed by atoms with van der Waals surface area (Å²) in [5.41, 5.74) is 0.148. The van der Waals surface area contributed by atoms with Gasteiger partial charge in [0.2, 0.25) is 0 Å². The number of aliphatic hydroxyl groups excluding tert-OH is 1. The van der Waals surface area contributed by atoms with E-state index in [1.165, 1.54) is 39.8 Å². The van der Waals surface area contributed by atoms with Crippen molar-refractivity contribution < 1.29 is 45.8 Å². The zero-order valence-corrected chi connectivity index (χ0v) is 29.7. The molecule has 1 aliphatic heterocycles. The monoisotopic (exact) mass is 817 g/mol. The van der Waals surface area contributed by atoms with Gasteiger partial charge in [-0.3, -0.25) is 23.7 Å². The van der Waals surface area contributed by atoms with Gasteiger partial charge in [-0.1, -0.05) is 46.3 Å². The molecule has 2 amide bonds. The molecule has 0 unspecified atom stereocenters. The minimum Gasteiger partial charge on any atom is -0.491 e. The minimum atomic E-state index is -4.90. The van der Waals surface area contributed by atoms with Crippen LogP contribution in [0.5, 0.6) is 5.75 Å². The molecular weight excluding hydrogens is 788 g/mol. The summed E-state index contributed by atoms with van der Waals surface area (Å²) >= 11 is 2.88. The highest BCUT2D eigenvalue weighted by Crippen LogP contribution is 2.36. The van der Waals surface area contributed by atoms with E-state index in [1.54, 1.807) is 37.4 Å². The van der Waals surface area contributed by atoms with Gasteiger partial charge in [0.15, 0.2) is 6.10 Å². The quantitative estimate of drug-likeness (QED) is 0.159. The molecule has 0 saturated heterocycles. The summed E-state index contributed by atoms with van der Waals surface area (Å²) in [5, 5.41) is 12.2. The summed E-state index contributed by atoms with van der Waals surface area (Å²) in [7, 11) is 0. The maximum atomic E-state index is 14.2. The number of ether oxygens (including phenoxy) is 1. The Hall–Kier alpha value is -5.42. The molecule has 54 heavy (non-hydrogen) atoms. The van der Waals surface area contributed by atoms with Crippen LogP contribution in [-0.4, -0.2) is 60.9 Å². The number of hydrogen-bond acceptors (Lipinski definition) is 6. The Bertz CT molecular complexity index is 2240. The number of benzene rings is 3. The highest BCUT2D eigenvalue weighted by molar-refractivity contribution is 9.10. The van der Waals surface area contributed by atoms with Crippen LogP contribution in [0.2, 0.25) is 0 Å². The number of pyridine rings is 1. The van der Waals surface area contributed by atoms with E-state index in [9.17, 15) is 45.8 Å². The Morgan fingerprint density at radius 1 is 1.00 bits per heavy atom. The number of aliphatic hydroxyl groups is 1. The fourth-order valence-electron chi connectivity index (χ4n) is 6.07. The van der Waals surface area contributed by atoms with Crippen molar-refractivity contribution >= 4 is 27.7 Å². The molecule has 3 heterocycles. The zero-order chi connectivity index (χ0) is 38.9. The molecule has 6 rings (SSSR count). The van der Waals surface area contributed by atoms with Crippen LogP contribution in [0.15, 0.2) is 100 Å². The van der Waals surface area contributed by atoms with Crippen molar-refractivity contribution in [2.24, 2.45) is 0 Å². The molecule has 2 atom stereocenters. The first-order chi connectivity index (χ1) is 25.5. The number of carbonyl (C=O) groups excluding carboxylic acids is 2. The van der Waals surface area contributed by atoms with Crippen molar-refractivity contribution in [3.63, 3.8) is 0 Å². The SMILES string of the molecule is C[C@@H]1Cn2c(c(C(=O)NCc3ccccc3-c3ccccn3)n(-c3ccc(OC[C@@H](O)C(F)(F)F)cc3)c2=O)CN1C(=O)c1ccc(Br)c(C(F)(F)F)c1. The van der Waals surface area contributed by atoms with Gasteiger partial charge >= 0.3 is 18.0 Å². The number of hydrogen-bond donors (Lipinski definition) is 2. The van der Waals surface area contributed by atoms with Gasteiger partial charge in [0, 0.05) is 40.9 Å². The molecule has 5 aromatic rings. The van der Waals surface area contributed by atoms with Crippen LogP contribution in [-0.2, 0) is 25.8 Å². The third kappa shape index (κ3) is 7.91. The molecular formula is C37H30BrF6N5O5. The molecule has 1 aliphatic rings. The number of carbonyl (C=O) groups is 2. The number of rotatable bonds is 9. The summed E-state index contributed by atoms with van der Waals surface area (Å²) in [6.07, 6.45) is -10.8. The lowest BCUT2D eigenvalue weighted by Gasteiger charge is -2.34. The minimum absolute atomic E-state index is 0.0170. The molecule has 2 N–H and O–H groups in total. The average molecular weight is 819 g/mol. The molecule has 282 valence electrons. The van der Waals surface area contributed by atoms with Crippen LogP contribution >= 0.6 is 15.9 Å². The Kier molecular flexibility index (Phi) is 10.7. The second kappa shape index (κ2) is 15.1. The largest absolute Gasteiger partial charge is 0.491 e. The maximum absolute atomic E-state index is 14.2. The number of nitrogens with one attached hydrogen (secondary N) is 1. The number of imidazole rings is 1. The van der Waals surface area contributed by atoms with E-state index in [2.05, 4.69) is 26.2 Å². The van der Waals surface area contributed by atoms with Crippen LogP contribution in [0, 0.1) is 0 Å².